The Balaban J connectivity index is 1.43. The van der Waals surface area contributed by atoms with Crippen LogP contribution in [0.5, 0.6) is 0 Å². The van der Waals surface area contributed by atoms with Crippen molar-refractivity contribution < 1.29 is 14.0 Å². The lowest BCUT2D eigenvalue weighted by Crippen LogP contribution is -2.29. The Hall–Kier alpha value is -2.69. The van der Waals surface area contributed by atoms with E-state index in [0.717, 1.165) is 12.1 Å². The van der Waals surface area contributed by atoms with Crippen molar-refractivity contribution in [2.75, 3.05) is 11.9 Å². The van der Waals surface area contributed by atoms with Gasteiger partial charge in [-0.15, -0.1) is 0 Å². The van der Waals surface area contributed by atoms with Crippen LogP contribution in [0.3, 0.4) is 0 Å². The third-order valence-corrected chi connectivity index (χ3v) is 4.75. The molecule has 0 saturated heterocycles. The monoisotopic (exact) mass is 354 g/mol. The predicted molar refractivity (Wildman–Crippen MR) is 99.2 cm³/mol. The number of anilines is 1. The largest absolute Gasteiger partial charge is 0.356 e. The van der Waals surface area contributed by atoms with E-state index in [-0.39, 0.29) is 29.5 Å². The minimum Gasteiger partial charge on any atom is -0.356 e. The molecule has 0 bridgehead atoms. The van der Waals surface area contributed by atoms with Crippen molar-refractivity contribution in [3.8, 4) is 0 Å². The van der Waals surface area contributed by atoms with E-state index in [4.69, 9.17) is 0 Å². The van der Waals surface area contributed by atoms with Gasteiger partial charge in [0.1, 0.15) is 5.82 Å². The second-order valence-corrected chi connectivity index (χ2v) is 6.62. The molecule has 4 nitrogen and oxygen atoms in total. The molecule has 0 radical (unpaired) electrons. The van der Waals surface area contributed by atoms with Crippen LogP contribution in [0.1, 0.15) is 24.5 Å². The van der Waals surface area contributed by atoms with Crippen molar-refractivity contribution >= 4 is 17.5 Å². The SMILES string of the molecule is CCc1ccc(NC(=O)C2CC2C(=O)NCCc2ccccc2F)cc1. The Kier molecular flexibility index (Phi) is 5.66. The van der Waals surface area contributed by atoms with Crippen LogP contribution in [0.25, 0.3) is 0 Å². The van der Waals surface area contributed by atoms with Crippen LogP contribution in [0, 0.1) is 17.7 Å². The van der Waals surface area contributed by atoms with Gasteiger partial charge in [-0.2, -0.15) is 0 Å². The molecule has 3 rings (SSSR count). The molecule has 0 spiro atoms. The molecular formula is C21H23FN2O2. The Morgan fingerprint density at radius 3 is 2.42 bits per heavy atom. The first kappa shape index (κ1) is 18.1. The molecular weight excluding hydrogens is 331 g/mol. The van der Waals surface area contributed by atoms with E-state index in [2.05, 4.69) is 17.6 Å². The molecule has 26 heavy (non-hydrogen) atoms. The van der Waals surface area contributed by atoms with E-state index >= 15 is 0 Å². The van der Waals surface area contributed by atoms with Crippen LogP contribution >= 0.6 is 0 Å². The molecule has 0 aliphatic heterocycles. The number of hydrogen-bond acceptors (Lipinski definition) is 2. The summed E-state index contributed by atoms with van der Waals surface area (Å²) < 4.78 is 13.5. The van der Waals surface area contributed by atoms with E-state index in [9.17, 15) is 14.0 Å². The summed E-state index contributed by atoms with van der Waals surface area (Å²) in [5.74, 6) is -1.09. The first-order valence-corrected chi connectivity index (χ1v) is 8.99. The van der Waals surface area contributed by atoms with Crippen LogP contribution in [-0.4, -0.2) is 18.4 Å². The van der Waals surface area contributed by atoms with Gasteiger partial charge in [-0.05, 0) is 48.6 Å². The van der Waals surface area contributed by atoms with Gasteiger partial charge >= 0.3 is 0 Å². The molecule has 1 aliphatic rings. The first-order valence-electron chi connectivity index (χ1n) is 8.99. The standard InChI is InChI=1S/C21H23FN2O2/c1-2-14-7-9-16(10-8-14)24-21(26)18-13-17(18)20(25)23-12-11-15-5-3-4-6-19(15)22/h3-10,17-18H,2,11-13H2,1H3,(H,23,25)(H,24,26). The molecule has 0 heterocycles. The van der Waals surface area contributed by atoms with E-state index in [1.54, 1.807) is 18.2 Å². The van der Waals surface area contributed by atoms with Crippen molar-refractivity contribution in [1.82, 2.24) is 5.32 Å². The van der Waals surface area contributed by atoms with Crippen molar-refractivity contribution in [2.45, 2.75) is 26.2 Å². The number of rotatable bonds is 7. The number of halogens is 1. The maximum Gasteiger partial charge on any atom is 0.228 e. The average molecular weight is 354 g/mol. The van der Waals surface area contributed by atoms with Crippen LogP contribution in [0.4, 0.5) is 10.1 Å². The highest BCUT2D eigenvalue weighted by atomic mass is 19.1. The highest BCUT2D eigenvalue weighted by molar-refractivity contribution is 5.99. The molecule has 2 amide bonds. The third-order valence-electron chi connectivity index (χ3n) is 4.75. The normalized spacial score (nSPS) is 18.2. The Labute approximate surface area is 152 Å². The lowest BCUT2D eigenvalue weighted by Gasteiger charge is -2.07. The molecule has 1 saturated carbocycles. The number of nitrogens with one attached hydrogen (secondary N) is 2. The number of amides is 2. The molecule has 1 aliphatic carbocycles. The van der Waals surface area contributed by atoms with Crippen LogP contribution in [0.2, 0.25) is 0 Å². The van der Waals surface area contributed by atoms with Crippen molar-refractivity contribution in [3.05, 3.63) is 65.5 Å². The number of carbonyl (C=O) groups excluding carboxylic acids is 2. The second kappa shape index (κ2) is 8.13. The van der Waals surface area contributed by atoms with Gasteiger partial charge in [0.25, 0.3) is 0 Å². The van der Waals surface area contributed by atoms with E-state index in [1.807, 2.05) is 24.3 Å². The van der Waals surface area contributed by atoms with Gasteiger partial charge in [0.15, 0.2) is 0 Å². The highest BCUT2D eigenvalue weighted by Crippen LogP contribution is 2.39. The minimum absolute atomic E-state index is 0.122. The molecule has 2 unspecified atom stereocenters. The molecule has 5 heteroatoms. The van der Waals surface area contributed by atoms with Crippen molar-refractivity contribution in [3.63, 3.8) is 0 Å². The van der Waals surface area contributed by atoms with Crippen molar-refractivity contribution in [2.24, 2.45) is 11.8 Å². The van der Waals surface area contributed by atoms with Crippen LogP contribution < -0.4 is 10.6 Å². The molecule has 2 N–H and O–H groups in total. The summed E-state index contributed by atoms with van der Waals surface area (Å²) in [4.78, 5) is 24.4. The summed E-state index contributed by atoms with van der Waals surface area (Å²) in [5, 5.41) is 5.66. The van der Waals surface area contributed by atoms with E-state index in [0.29, 0.717) is 24.9 Å². The molecule has 0 aromatic heterocycles. The Morgan fingerprint density at radius 2 is 1.73 bits per heavy atom. The van der Waals surface area contributed by atoms with Gasteiger partial charge < -0.3 is 10.6 Å². The minimum atomic E-state index is -0.287. The van der Waals surface area contributed by atoms with Crippen molar-refractivity contribution in [1.29, 1.82) is 0 Å². The second-order valence-electron chi connectivity index (χ2n) is 6.62. The van der Waals surface area contributed by atoms with Gasteiger partial charge in [0, 0.05) is 12.2 Å². The highest BCUT2D eigenvalue weighted by Gasteiger charge is 2.47. The lowest BCUT2D eigenvalue weighted by molar-refractivity contribution is -0.125. The fourth-order valence-electron chi connectivity index (χ4n) is 2.99. The fraction of sp³-hybridized carbons (Fsp3) is 0.333. The molecule has 2 aromatic carbocycles. The lowest BCUT2D eigenvalue weighted by atomic mass is 10.1. The predicted octanol–water partition coefficient (Wildman–Crippen LogP) is 3.32. The van der Waals surface area contributed by atoms with E-state index < -0.39 is 0 Å². The summed E-state index contributed by atoms with van der Waals surface area (Å²) in [6.45, 7) is 2.44. The summed E-state index contributed by atoms with van der Waals surface area (Å²) in [5.41, 5.74) is 2.53. The Bertz CT molecular complexity index is 789. The maximum absolute atomic E-state index is 13.5. The molecule has 1 fully saturated rings. The number of benzene rings is 2. The summed E-state index contributed by atoms with van der Waals surface area (Å²) in [6.07, 6.45) is 1.95. The third kappa shape index (κ3) is 4.48. The molecule has 2 aromatic rings. The van der Waals surface area contributed by atoms with Crippen LogP contribution in [0.15, 0.2) is 48.5 Å². The summed E-state index contributed by atoms with van der Waals surface area (Å²) in [6, 6.07) is 14.2. The zero-order valence-electron chi connectivity index (χ0n) is 14.8. The van der Waals surface area contributed by atoms with Gasteiger partial charge in [0.05, 0.1) is 11.8 Å². The Morgan fingerprint density at radius 1 is 1.04 bits per heavy atom. The average Bonchev–Trinajstić information content (AvgIpc) is 3.45. The zero-order valence-corrected chi connectivity index (χ0v) is 14.8. The van der Waals surface area contributed by atoms with Crippen LogP contribution in [-0.2, 0) is 22.4 Å². The van der Waals surface area contributed by atoms with Gasteiger partial charge in [-0.3, -0.25) is 9.59 Å². The number of hydrogen-bond donors (Lipinski definition) is 2. The van der Waals surface area contributed by atoms with Gasteiger partial charge in [-0.25, -0.2) is 4.39 Å². The zero-order chi connectivity index (χ0) is 18.5. The van der Waals surface area contributed by atoms with Gasteiger partial charge in [0.2, 0.25) is 11.8 Å². The molecule has 136 valence electrons. The fourth-order valence-corrected chi connectivity index (χ4v) is 2.99. The number of aryl methyl sites for hydroxylation is 1. The molecule has 2 atom stereocenters. The summed E-state index contributed by atoms with van der Waals surface area (Å²) >= 11 is 0. The smallest absolute Gasteiger partial charge is 0.228 e. The topological polar surface area (TPSA) is 58.2 Å². The maximum atomic E-state index is 13.5. The van der Waals surface area contributed by atoms with Gasteiger partial charge in [-0.1, -0.05) is 37.3 Å². The number of carbonyl (C=O) groups is 2. The quantitative estimate of drug-likeness (QED) is 0.801. The first-order chi connectivity index (χ1) is 12.6. The summed E-state index contributed by atoms with van der Waals surface area (Å²) in [7, 11) is 0. The van der Waals surface area contributed by atoms with E-state index in [1.165, 1.54) is 11.6 Å².